The molecule has 0 saturated carbocycles. The minimum atomic E-state index is -4.63. The van der Waals surface area contributed by atoms with Gasteiger partial charge < -0.3 is 24.6 Å². The molecule has 318 valence electrons. The molecule has 0 rings (SSSR count). The van der Waals surface area contributed by atoms with E-state index in [-0.39, 0.29) is 19.4 Å². The van der Waals surface area contributed by atoms with Gasteiger partial charge in [-0.15, -0.1) is 0 Å². The summed E-state index contributed by atoms with van der Waals surface area (Å²) in [7, 11) is -4.63. The number of phosphoric acid groups is 1. The van der Waals surface area contributed by atoms with Crippen LogP contribution in [0.5, 0.6) is 0 Å². The van der Waals surface area contributed by atoms with Crippen LogP contribution in [0.3, 0.4) is 0 Å². The maximum atomic E-state index is 12.6. The third-order valence-electron chi connectivity index (χ3n) is 8.66. The first-order valence-electron chi connectivity index (χ1n) is 21.2. The van der Waals surface area contributed by atoms with Crippen molar-refractivity contribution in [2.45, 2.75) is 180 Å². The van der Waals surface area contributed by atoms with Gasteiger partial charge in [-0.1, -0.05) is 139 Å². The molecule has 0 heterocycles. The fraction of sp³-hybridized carbons (Fsp3) is 0.727. The predicted octanol–water partition coefficient (Wildman–Crippen LogP) is 11.1. The lowest BCUT2D eigenvalue weighted by atomic mass is 10.1. The summed E-state index contributed by atoms with van der Waals surface area (Å²) in [5.41, 5.74) is 0. The van der Waals surface area contributed by atoms with Gasteiger partial charge in [-0.25, -0.2) is 4.57 Å². The molecule has 0 aliphatic heterocycles. The molecule has 0 aromatic carbocycles. The first-order chi connectivity index (χ1) is 26.7. The van der Waals surface area contributed by atoms with Gasteiger partial charge in [0.1, 0.15) is 12.7 Å². The standard InChI is InChI=1S/C44H77O10P/c1-3-5-7-9-11-13-15-17-19-20-22-23-25-27-29-31-33-35-43(47)51-39-42(40-53-55(49,50)52-38-41(46)37-45)54-44(48)36-34-32-30-28-26-24-21-18-16-14-12-10-8-6-4-2/h6,8,12,14,17-19,21,26,28,41-42,45-46H,3-5,7,9-11,13,15-16,20,22-25,27,29-40H2,1-2H3,(H,49,50)/b8-6-,14-12-,19-17-,21-18-,28-26-. The van der Waals surface area contributed by atoms with Crippen LogP contribution in [0.1, 0.15) is 168 Å². The highest BCUT2D eigenvalue weighted by Gasteiger charge is 2.27. The van der Waals surface area contributed by atoms with Crippen LogP contribution in [0.15, 0.2) is 60.8 Å². The Bertz CT molecular complexity index is 1100. The summed E-state index contributed by atoms with van der Waals surface area (Å²) in [4.78, 5) is 34.9. The molecule has 0 amide bonds. The van der Waals surface area contributed by atoms with Crippen molar-refractivity contribution in [2.75, 3.05) is 26.4 Å². The Labute approximate surface area is 334 Å². The molecule has 0 radical (unpaired) electrons. The fourth-order valence-electron chi connectivity index (χ4n) is 5.39. The topological polar surface area (TPSA) is 149 Å². The summed E-state index contributed by atoms with van der Waals surface area (Å²) in [6.07, 6.45) is 43.3. The monoisotopic (exact) mass is 797 g/mol. The van der Waals surface area contributed by atoms with E-state index in [0.717, 1.165) is 64.2 Å². The van der Waals surface area contributed by atoms with Crippen LogP contribution in [0.2, 0.25) is 0 Å². The van der Waals surface area contributed by atoms with Gasteiger partial charge in [0.2, 0.25) is 0 Å². The second-order valence-corrected chi connectivity index (χ2v) is 15.4. The van der Waals surface area contributed by atoms with E-state index in [9.17, 15) is 24.2 Å². The molecule has 3 atom stereocenters. The third kappa shape index (κ3) is 39.7. The molecule has 0 aliphatic rings. The lowest BCUT2D eigenvalue weighted by Crippen LogP contribution is -2.29. The van der Waals surface area contributed by atoms with E-state index >= 15 is 0 Å². The normalized spacial score (nSPS) is 14.5. The van der Waals surface area contributed by atoms with Crippen molar-refractivity contribution in [1.82, 2.24) is 0 Å². The van der Waals surface area contributed by atoms with E-state index in [0.29, 0.717) is 12.8 Å². The summed E-state index contributed by atoms with van der Waals surface area (Å²) in [5.74, 6) is -0.982. The van der Waals surface area contributed by atoms with Crippen molar-refractivity contribution >= 4 is 19.8 Å². The number of carbonyl (C=O) groups excluding carboxylic acids is 2. The van der Waals surface area contributed by atoms with Crippen molar-refractivity contribution < 1.29 is 47.8 Å². The number of aliphatic hydroxyl groups excluding tert-OH is 2. The van der Waals surface area contributed by atoms with E-state index in [4.69, 9.17) is 19.1 Å². The fourth-order valence-corrected chi connectivity index (χ4v) is 6.18. The van der Waals surface area contributed by atoms with Gasteiger partial charge in [0.05, 0.1) is 19.8 Å². The highest BCUT2D eigenvalue weighted by Crippen LogP contribution is 2.43. The van der Waals surface area contributed by atoms with E-state index < -0.39 is 51.8 Å². The minimum Gasteiger partial charge on any atom is -0.462 e. The maximum absolute atomic E-state index is 12.6. The van der Waals surface area contributed by atoms with Gasteiger partial charge in [0.25, 0.3) is 0 Å². The van der Waals surface area contributed by atoms with Crippen LogP contribution in [-0.4, -0.2) is 65.7 Å². The number of carbonyl (C=O) groups is 2. The average Bonchev–Trinajstić information content (AvgIpc) is 3.17. The summed E-state index contributed by atoms with van der Waals surface area (Å²) < 4.78 is 32.6. The highest BCUT2D eigenvalue weighted by atomic mass is 31.2. The second kappa shape index (κ2) is 39.9. The number of hydrogen-bond donors (Lipinski definition) is 3. The average molecular weight is 797 g/mol. The van der Waals surface area contributed by atoms with Gasteiger partial charge >= 0.3 is 19.8 Å². The Hall–Kier alpha value is -2.33. The molecule has 3 unspecified atom stereocenters. The third-order valence-corrected chi connectivity index (χ3v) is 9.61. The lowest BCUT2D eigenvalue weighted by Gasteiger charge is -2.20. The largest absolute Gasteiger partial charge is 0.472 e. The molecule has 0 saturated heterocycles. The van der Waals surface area contributed by atoms with Gasteiger partial charge in [-0.2, -0.15) is 0 Å². The molecule has 0 aromatic rings. The molecule has 10 nitrogen and oxygen atoms in total. The van der Waals surface area contributed by atoms with E-state index in [1.54, 1.807) is 0 Å². The van der Waals surface area contributed by atoms with Crippen LogP contribution in [0, 0.1) is 0 Å². The molecule has 11 heteroatoms. The Morgan fingerprint density at radius 1 is 0.564 bits per heavy atom. The number of unbranched alkanes of at least 4 members (excludes halogenated alkanes) is 15. The molecule has 0 aromatic heterocycles. The minimum absolute atomic E-state index is 0.129. The zero-order chi connectivity index (χ0) is 40.5. The molecule has 55 heavy (non-hydrogen) atoms. The molecular weight excluding hydrogens is 719 g/mol. The Balaban J connectivity index is 4.38. The zero-order valence-electron chi connectivity index (χ0n) is 34.4. The van der Waals surface area contributed by atoms with E-state index in [2.05, 4.69) is 79.1 Å². The van der Waals surface area contributed by atoms with Crippen LogP contribution >= 0.6 is 7.82 Å². The van der Waals surface area contributed by atoms with Gasteiger partial charge in [0, 0.05) is 12.8 Å². The SMILES string of the molecule is CC/C=C\C/C=C\C/C=C\C/C=C\CCCCC(=O)OC(COC(=O)CCCCCCCCC/C=C\CCCCCCCC)COP(=O)(O)OCC(O)CO. The first kappa shape index (κ1) is 52.7. The molecule has 3 N–H and O–H groups in total. The zero-order valence-corrected chi connectivity index (χ0v) is 35.3. The number of allylic oxidation sites excluding steroid dienone is 10. The lowest BCUT2D eigenvalue weighted by molar-refractivity contribution is -0.161. The number of ether oxygens (including phenoxy) is 2. The number of esters is 2. The first-order valence-corrected chi connectivity index (χ1v) is 22.7. The Kier molecular flexibility index (Phi) is 38.2. The van der Waals surface area contributed by atoms with E-state index in [1.807, 2.05) is 0 Å². The van der Waals surface area contributed by atoms with Gasteiger partial charge in [-0.3, -0.25) is 18.6 Å². The van der Waals surface area contributed by atoms with Crippen LogP contribution in [-0.2, 0) is 32.7 Å². The smallest absolute Gasteiger partial charge is 0.462 e. The second-order valence-electron chi connectivity index (χ2n) is 14.0. The van der Waals surface area contributed by atoms with Crippen LogP contribution in [0.25, 0.3) is 0 Å². The summed E-state index contributed by atoms with van der Waals surface area (Å²) in [6.45, 7) is 2.20. The molecule has 0 fully saturated rings. The van der Waals surface area contributed by atoms with Crippen molar-refractivity contribution in [3.8, 4) is 0 Å². The number of aliphatic hydroxyl groups is 2. The van der Waals surface area contributed by atoms with Crippen LogP contribution in [0.4, 0.5) is 0 Å². The predicted molar refractivity (Wildman–Crippen MR) is 224 cm³/mol. The highest BCUT2D eigenvalue weighted by molar-refractivity contribution is 7.47. The number of rotatable bonds is 39. The van der Waals surface area contributed by atoms with Crippen molar-refractivity contribution in [2.24, 2.45) is 0 Å². The molecule has 0 spiro atoms. The maximum Gasteiger partial charge on any atom is 0.472 e. The molecule has 0 bridgehead atoms. The van der Waals surface area contributed by atoms with Gasteiger partial charge in [-0.05, 0) is 77.0 Å². The molecule has 0 aliphatic carbocycles. The number of hydrogen-bond acceptors (Lipinski definition) is 9. The Morgan fingerprint density at radius 2 is 1.00 bits per heavy atom. The summed E-state index contributed by atoms with van der Waals surface area (Å²) in [5, 5.41) is 18.3. The molecular formula is C44H77O10P. The Morgan fingerprint density at radius 3 is 1.56 bits per heavy atom. The quantitative estimate of drug-likeness (QED) is 0.0237. The van der Waals surface area contributed by atoms with Crippen molar-refractivity contribution in [3.63, 3.8) is 0 Å². The van der Waals surface area contributed by atoms with Crippen molar-refractivity contribution in [1.29, 1.82) is 0 Å². The van der Waals surface area contributed by atoms with Gasteiger partial charge in [0.15, 0.2) is 6.10 Å². The summed E-state index contributed by atoms with van der Waals surface area (Å²) >= 11 is 0. The number of phosphoric ester groups is 1. The van der Waals surface area contributed by atoms with Crippen molar-refractivity contribution in [3.05, 3.63) is 60.8 Å². The van der Waals surface area contributed by atoms with E-state index in [1.165, 1.54) is 64.2 Å². The van der Waals surface area contributed by atoms with Crippen LogP contribution < -0.4 is 0 Å². The summed E-state index contributed by atoms with van der Waals surface area (Å²) in [6, 6.07) is 0.